The quantitative estimate of drug-likeness (QED) is 0.767. The molecule has 1 heterocycles. The minimum atomic E-state index is -4.82. The second-order valence-corrected chi connectivity index (χ2v) is 7.88. The highest BCUT2D eigenvalue weighted by Gasteiger charge is 2.38. The smallest absolute Gasteiger partial charge is 0.265 e. The number of nitrogens with zero attached hydrogens (tertiary/aromatic N) is 2. The fraction of sp³-hybridized carbons (Fsp3) is 0.353. The molecule has 0 unspecified atom stereocenters. The van der Waals surface area contributed by atoms with E-state index in [1.807, 2.05) is 13.8 Å². The maximum atomic E-state index is 12.7. The van der Waals surface area contributed by atoms with Crippen molar-refractivity contribution in [1.82, 2.24) is 4.98 Å². The van der Waals surface area contributed by atoms with E-state index in [0.29, 0.717) is 5.56 Å². The van der Waals surface area contributed by atoms with Gasteiger partial charge >= 0.3 is 6.18 Å². The zero-order valence-corrected chi connectivity index (χ0v) is 14.7. The van der Waals surface area contributed by atoms with Gasteiger partial charge in [-0.25, -0.2) is 8.42 Å². The lowest BCUT2D eigenvalue weighted by Crippen LogP contribution is -2.37. The summed E-state index contributed by atoms with van der Waals surface area (Å²) in [7, 11) is -4.58. The van der Waals surface area contributed by atoms with Crippen LogP contribution in [0.25, 0.3) is 0 Å². The highest BCUT2D eigenvalue weighted by Crippen LogP contribution is 2.27. The first-order valence-electron chi connectivity index (χ1n) is 7.64. The van der Waals surface area contributed by atoms with Gasteiger partial charge in [-0.3, -0.25) is 9.29 Å². The summed E-state index contributed by atoms with van der Waals surface area (Å²) in [5, 5.41) is 0. The van der Waals surface area contributed by atoms with Gasteiger partial charge in [-0.1, -0.05) is 32.0 Å². The molecule has 0 radical (unpaired) electrons. The van der Waals surface area contributed by atoms with Crippen LogP contribution in [0.3, 0.4) is 0 Å². The summed E-state index contributed by atoms with van der Waals surface area (Å²) in [6.07, 6.45) is -1.88. The Hall–Kier alpha value is -2.09. The van der Waals surface area contributed by atoms with Crippen LogP contribution in [0.1, 0.15) is 30.9 Å². The number of aromatic nitrogens is 1. The Balaban J connectivity index is 2.41. The van der Waals surface area contributed by atoms with Crippen molar-refractivity contribution in [2.75, 3.05) is 10.1 Å². The number of hydrogen-bond donors (Lipinski definition) is 0. The van der Waals surface area contributed by atoms with Crippen LogP contribution >= 0.6 is 0 Å². The van der Waals surface area contributed by atoms with E-state index < -0.39 is 22.0 Å². The summed E-state index contributed by atoms with van der Waals surface area (Å²) in [6, 6.07) is 9.72. The van der Waals surface area contributed by atoms with Crippen molar-refractivity contribution in [3.8, 4) is 0 Å². The Morgan fingerprint density at radius 3 is 2.24 bits per heavy atom. The number of alkyl halides is 3. The lowest BCUT2D eigenvalue weighted by Gasteiger charge is -2.25. The molecule has 0 spiro atoms. The third-order valence-corrected chi connectivity index (χ3v) is 5.28. The minimum Gasteiger partial charge on any atom is -0.265 e. The molecule has 8 heteroatoms. The molecule has 1 aromatic heterocycles. The maximum absolute atomic E-state index is 12.7. The van der Waals surface area contributed by atoms with Crippen molar-refractivity contribution in [2.24, 2.45) is 0 Å². The summed E-state index contributed by atoms with van der Waals surface area (Å²) >= 11 is 0. The number of sulfonamides is 1. The molecule has 0 atom stereocenters. The molecule has 0 saturated heterocycles. The van der Waals surface area contributed by atoms with Crippen LogP contribution in [0.15, 0.2) is 48.8 Å². The molecular formula is C17H19F3N2O2S. The Morgan fingerprint density at radius 2 is 1.76 bits per heavy atom. The minimum absolute atomic E-state index is 0.192. The van der Waals surface area contributed by atoms with E-state index >= 15 is 0 Å². The second-order valence-electron chi connectivity index (χ2n) is 5.99. The van der Waals surface area contributed by atoms with Gasteiger partial charge in [-0.05, 0) is 35.2 Å². The molecule has 0 aliphatic rings. The number of pyridine rings is 1. The van der Waals surface area contributed by atoms with Gasteiger partial charge in [0.05, 0.1) is 12.2 Å². The van der Waals surface area contributed by atoms with Crippen LogP contribution in [0.4, 0.5) is 18.9 Å². The number of halogens is 3. The molecule has 0 fully saturated rings. The van der Waals surface area contributed by atoms with Crippen molar-refractivity contribution in [3.05, 3.63) is 59.9 Å². The largest absolute Gasteiger partial charge is 0.404 e. The summed E-state index contributed by atoms with van der Waals surface area (Å²) in [5.41, 5.74) is 1.66. The van der Waals surface area contributed by atoms with Crippen molar-refractivity contribution in [3.63, 3.8) is 0 Å². The molecule has 0 amide bonds. The number of hydrogen-bond acceptors (Lipinski definition) is 3. The zero-order valence-electron chi connectivity index (χ0n) is 13.9. The van der Waals surface area contributed by atoms with Gasteiger partial charge in [-0.15, -0.1) is 0 Å². The van der Waals surface area contributed by atoms with E-state index in [2.05, 4.69) is 4.98 Å². The SMILES string of the molecule is CC(C)c1ccc(N(Cc2cccnc2)S(=O)(=O)CC(F)(F)F)cc1. The normalized spacial score (nSPS) is 12.4. The molecule has 0 bridgehead atoms. The molecule has 2 rings (SSSR count). The summed E-state index contributed by atoms with van der Waals surface area (Å²) in [5.74, 6) is -1.68. The van der Waals surface area contributed by atoms with E-state index in [4.69, 9.17) is 0 Å². The van der Waals surface area contributed by atoms with Crippen molar-refractivity contribution >= 4 is 15.7 Å². The average Bonchev–Trinajstić information content (AvgIpc) is 2.51. The summed E-state index contributed by atoms with van der Waals surface area (Å²) < 4.78 is 63.6. The van der Waals surface area contributed by atoms with Gasteiger partial charge in [0.2, 0.25) is 10.0 Å². The van der Waals surface area contributed by atoms with Crippen molar-refractivity contribution in [2.45, 2.75) is 32.5 Å². The second kappa shape index (κ2) is 7.43. The predicted octanol–water partition coefficient (Wildman–Crippen LogP) is 4.10. The average molecular weight is 372 g/mol. The topological polar surface area (TPSA) is 50.3 Å². The molecule has 0 saturated carbocycles. The van der Waals surface area contributed by atoms with E-state index in [9.17, 15) is 21.6 Å². The molecule has 2 aromatic rings. The van der Waals surface area contributed by atoms with Crippen LogP contribution in [-0.4, -0.2) is 25.3 Å². The highest BCUT2D eigenvalue weighted by atomic mass is 32.2. The fourth-order valence-corrected chi connectivity index (χ4v) is 3.68. The Labute approximate surface area is 145 Å². The molecule has 25 heavy (non-hydrogen) atoms. The lowest BCUT2D eigenvalue weighted by molar-refractivity contribution is -0.106. The summed E-state index contributed by atoms with van der Waals surface area (Å²) in [4.78, 5) is 3.88. The van der Waals surface area contributed by atoms with Gasteiger partial charge in [0, 0.05) is 12.4 Å². The maximum Gasteiger partial charge on any atom is 0.404 e. The summed E-state index contributed by atoms with van der Waals surface area (Å²) in [6.45, 7) is 3.74. The van der Waals surface area contributed by atoms with Crippen LogP contribution < -0.4 is 4.31 Å². The number of benzene rings is 1. The van der Waals surface area contributed by atoms with Gasteiger partial charge < -0.3 is 0 Å². The molecule has 136 valence electrons. The molecular weight excluding hydrogens is 353 g/mol. The highest BCUT2D eigenvalue weighted by molar-refractivity contribution is 7.92. The van der Waals surface area contributed by atoms with Crippen molar-refractivity contribution < 1.29 is 21.6 Å². The van der Waals surface area contributed by atoms with Crippen LogP contribution in [-0.2, 0) is 16.6 Å². The Kier molecular flexibility index (Phi) is 5.72. The van der Waals surface area contributed by atoms with Crippen molar-refractivity contribution in [1.29, 1.82) is 0 Å². The third kappa shape index (κ3) is 5.45. The molecule has 0 aliphatic carbocycles. The lowest BCUT2D eigenvalue weighted by atomic mass is 10.0. The fourth-order valence-electron chi connectivity index (χ4n) is 2.32. The van der Waals surface area contributed by atoms with Crippen LogP contribution in [0.5, 0.6) is 0 Å². The molecule has 0 N–H and O–H groups in total. The number of rotatable bonds is 6. The first-order valence-corrected chi connectivity index (χ1v) is 9.25. The van der Waals surface area contributed by atoms with E-state index in [0.717, 1.165) is 9.87 Å². The van der Waals surface area contributed by atoms with Crippen LogP contribution in [0, 0.1) is 0 Å². The van der Waals surface area contributed by atoms with Gasteiger partial charge in [0.15, 0.2) is 5.75 Å². The monoisotopic (exact) mass is 372 g/mol. The number of anilines is 1. The van der Waals surface area contributed by atoms with E-state index in [-0.39, 0.29) is 18.2 Å². The van der Waals surface area contributed by atoms with Crippen LogP contribution in [0.2, 0.25) is 0 Å². The Bertz CT molecular complexity index is 789. The van der Waals surface area contributed by atoms with Gasteiger partial charge in [-0.2, -0.15) is 13.2 Å². The first kappa shape index (κ1) is 19.2. The van der Waals surface area contributed by atoms with E-state index in [1.165, 1.54) is 24.5 Å². The zero-order chi connectivity index (χ0) is 18.7. The van der Waals surface area contributed by atoms with Gasteiger partial charge in [0.25, 0.3) is 0 Å². The standard InChI is InChI=1S/C17H19F3N2O2S/c1-13(2)15-5-7-16(8-6-15)22(11-14-4-3-9-21-10-14)25(23,24)12-17(18,19)20/h3-10,13H,11-12H2,1-2H3. The van der Waals surface area contributed by atoms with Gasteiger partial charge in [0.1, 0.15) is 0 Å². The third-order valence-electron chi connectivity index (χ3n) is 3.58. The first-order chi connectivity index (χ1) is 11.6. The predicted molar refractivity (Wildman–Crippen MR) is 90.8 cm³/mol. The molecule has 0 aliphatic heterocycles. The molecule has 1 aromatic carbocycles. The molecule has 4 nitrogen and oxygen atoms in total. The van der Waals surface area contributed by atoms with E-state index in [1.54, 1.807) is 24.3 Å². The Morgan fingerprint density at radius 1 is 1.12 bits per heavy atom.